The zero-order valence-electron chi connectivity index (χ0n) is 16.3. The number of hydrazone groups is 1. The van der Waals surface area contributed by atoms with Crippen LogP contribution in [0.4, 0.5) is 0 Å². The first-order chi connectivity index (χ1) is 13.9. The summed E-state index contributed by atoms with van der Waals surface area (Å²) in [5.74, 6) is -0.151. The van der Waals surface area contributed by atoms with Crippen molar-refractivity contribution in [3.8, 4) is 5.69 Å². The van der Waals surface area contributed by atoms with Gasteiger partial charge in [-0.25, -0.2) is 5.43 Å². The molecule has 0 spiro atoms. The molecule has 1 heterocycles. The molecular weight excluding hydrogens is 425 g/mol. The first kappa shape index (κ1) is 21.5. The Balaban J connectivity index is 1.71. The fourth-order valence-electron chi connectivity index (χ4n) is 2.96. The molecule has 1 aromatic heterocycles. The van der Waals surface area contributed by atoms with E-state index in [1.54, 1.807) is 18.3 Å². The number of carbonyl (C=O) groups excluding carboxylic acids is 1. The van der Waals surface area contributed by atoms with Crippen LogP contribution < -0.4 is 5.43 Å². The molecule has 0 saturated carbocycles. The number of nitrogens with one attached hydrogen (secondary N) is 1. The number of aryl methyl sites for hydroxylation is 1. The Kier molecular flexibility index (Phi) is 7.06. The summed E-state index contributed by atoms with van der Waals surface area (Å²) in [6, 6.07) is 17.2. The normalized spacial score (nSPS) is 12.3. The molecule has 0 bridgehead atoms. The molecule has 0 aliphatic carbocycles. The monoisotopic (exact) mass is 445 g/mol. The smallest absolute Gasteiger partial charge is 0.253 e. The predicted molar refractivity (Wildman–Crippen MR) is 123 cm³/mol. The van der Waals surface area contributed by atoms with E-state index in [1.165, 1.54) is 11.8 Å². The van der Waals surface area contributed by atoms with Crippen LogP contribution in [0.3, 0.4) is 0 Å². The molecule has 0 aliphatic heterocycles. The molecule has 150 valence electrons. The first-order valence-electron chi connectivity index (χ1n) is 9.06. The summed E-state index contributed by atoms with van der Waals surface area (Å²) in [5.41, 5.74) is 6.27. The molecule has 1 N–H and O–H groups in total. The number of rotatable bonds is 6. The lowest BCUT2D eigenvalue weighted by Gasteiger charge is -2.12. The van der Waals surface area contributed by atoms with Crippen LogP contribution in [0.25, 0.3) is 5.69 Å². The lowest BCUT2D eigenvalue weighted by atomic mass is 10.2. The van der Waals surface area contributed by atoms with Crippen LogP contribution >= 0.6 is 35.0 Å². The van der Waals surface area contributed by atoms with Crippen molar-refractivity contribution in [3.05, 3.63) is 81.6 Å². The highest BCUT2D eigenvalue weighted by molar-refractivity contribution is 8.00. The average molecular weight is 446 g/mol. The van der Waals surface area contributed by atoms with Gasteiger partial charge in [0.05, 0.1) is 22.2 Å². The Hall–Kier alpha value is -2.21. The molecule has 29 heavy (non-hydrogen) atoms. The minimum absolute atomic E-state index is 0.151. The Labute approximate surface area is 184 Å². The summed E-state index contributed by atoms with van der Waals surface area (Å²) in [5, 5.41) is 5.11. The lowest BCUT2D eigenvalue weighted by Crippen LogP contribution is -2.26. The van der Waals surface area contributed by atoms with Crippen LogP contribution in [-0.2, 0) is 4.79 Å². The molecule has 0 unspecified atom stereocenters. The standard InChI is InChI=1S/C22H21Cl2N3OS/c1-14-11-17(15(2)27(14)21-12-18(23)9-10-20(21)24)13-25-26-22(28)16(3)29-19-7-5-4-6-8-19/h4-13,16H,1-3H3,(H,26,28)/b25-13-/t16-/m0/s1. The van der Waals surface area contributed by atoms with Gasteiger partial charge in [0.1, 0.15) is 0 Å². The van der Waals surface area contributed by atoms with Gasteiger partial charge < -0.3 is 4.57 Å². The summed E-state index contributed by atoms with van der Waals surface area (Å²) in [7, 11) is 0. The summed E-state index contributed by atoms with van der Waals surface area (Å²) < 4.78 is 2.02. The van der Waals surface area contributed by atoms with Crippen molar-refractivity contribution < 1.29 is 4.79 Å². The number of hydrogen-bond donors (Lipinski definition) is 1. The lowest BCUT2D eigenvalue weighted by molar-refractivity contribution is -0.120. The molecule has 0 radical (unpaired) electrons. The Morgan fingerprint density at radius 1 is 1.14 bits per heavy atom. The molecule has 1 atom stereocenters. The number of hydrogen-bond acceptors (Lipinski definition) is 3. The highest BCUT2D eigenvalue weighted by Gasteiger charge is 2.15. The van der Waals surface area contributed by atoms with Crippen molar-refractivity contribution in [2.45, 2.75) is 30.9 Å². The molecular formula is C22H21Cl2N3OS. The minimum atomic E-state index is -0.257. The zero-order chi connectivity index (χ0) is 21.0. The second kappa shape index (κ2) is 9.53. The predicted octanol–water partition coefficient (Wildman–Crippen LogP) is 6.03. The van der Waals surface area contributed by atoms with Crippen LogP contribution in [0.5, 0.6) is 0 Å². The number of nitrogens with zero attached hydrogens (tertiary/aromatic N) is 2. The Morgan fingerprint density at radius 3 is 2.59 bits per heavy atom. The summed E-state index contributed by atoms with van der Waals surface area (Å²) >= 11 is 14.0. The summed E-state index contributed by atoms with van der Waals surface area (Å²) in [4.78, 5) is 13.4. The van der Waals surface area contributed by atoms with E-state index >= 15 is 0 Å². The maximum absolute atomic E-state index is 12.3. The maximum Gasteiger partial charge on any atom is 0.253 e. The number of carbonyl (C=O) groups is 1. The average Bonchev–Trinajstić information content (AvgIpc) is 2.98. The van der Waals surface area contributed by atoms with Crippen LogP contribution in [0, 0.1) is 13.8 Å². The number of amides is 1. The highest BCUT2D eigenvalue weighted by atomic mass is 35.5. The van der Waals surface area contributed by atoms with Crippen LogP contribution in [0.15, 0.2) is 64.6 Å². The van der Waals surface area contributed by atoms with Crippen molar-refractivity contribution >= 4 is 47.1 Å². The highest BCUT2D eigenvalue weighted by Crippen LogP contribution is 2.28. The minimum Gasteiger partial charge on any atom is -0.316 e. The van der Waals surface area contributed by atoms with Gasteiger partial charge in [-0.15, -0.1) is 11.8 Å². The van der Waals surface area contributed by atoms with Gasteiger partial charge in [0.15, 0.2) is 0 Å². The molecule has 0 fully saturated rings. The number of benzene rings is 2. The van der Waals surface area contributed by atoms with E-state index in [9.17, 15) is 4.79 Å². The van der Waals surface area contributed by atoms with E-state index < -0.39 is 0 Å². The molecule has 7 heteroatoms. The van der Waals surface area contributed by atoms with Crippen LogP contribution in [0.1, 0.15) is 23.9 Å². The van der Waals surface area contributed by atoms with Gasteiger partial charge in [-0.2, -0.15) is 5.10 Å². The topological polar surface area (TPSA) is 46.4 Å². The van der Waals surface area contributed by atoms with E-state index in [0.717, 1.165) is 27.5 Å². The van der Waals surface area contributed by atoms with Crippen LogP contribution in [0.2, 0.25) is 10.0 Å². The molecule has 0 aliphatic rings. The van der Waals surface area contributed by atoms with Gasteiger partial charge in [-0.05, 0) is 57.2 Å². The fourth-order valence-corrected chi connectivity index (χ4v) is 4.21. The molecule has 1 amide bonds. The van der Waals surface area contributed by atoms with Crippen molar-refractivity contribution in [3.63, 3.8) is 0 Å². The largest absolute Gasteiger partial charge is 0.316 e. The van der Waals surface area contributed by atoms with Crippen molar-refractivity contribution in [2.75, 3.05) is 0 Å². The van der Waals surface area contributed by atoms with E-state index in [4.69, 9.17) is 23.2 Å². The Morgan fingerprint density at radius 2 is 1.86 bits per heavy atom. The summed E-state index contributed by atoms with van der Waals surface area (Å²) in [6.45, 7) is 5.82. The fraction of sp³-hybridized carbons (Fsp3) is 0.182. The molecule has 3 aromatic rings. The van der Waals surface area contributed by atoms with E-state index in [-0.39, 0.29) is 11.2 Å². The number of aromatic nitrogens is 1. The number of thioether (sulfide) groups is 1. The molecule has 4 nitrogen and oxygen atoms in total. The van der Waals surface area contributed by atoms with Gasteiger partial charge >= 0.3 is 0 Å². The van der Waals surface area contributed by atoms with Crippen molar-refractivity contribution in [2.24, 2.45) is 5.10 Å². The molecule has 2 aromatic carbocycles. The second-order valence-electron chi connectivity index (χ2n) is 6.56. The quantitative estimate of drug-likeness (QED) is 0.285. The first-order valence-corrected chi connectivity index (χ1v) is 10.7. The van der Waals surface area contributed by atoms with E-state index in [2.05, 4.69) is 10.5 Å². The van der Waals surface area contributed by atoms with E-state index in [1.807, 2.05) is 67.8 Å². The van der Waals surface area contributed by atoms with Crippen molar-refractivity contribution in [1.29, 1.82) is 0 Å². The van der Waals surface area contributed by atoms with Gasteiger partial charge in [0, 0.05) is 26.9 Å². The maximum atomic E-state index is 12.3. The molecule has 3 rings (SSSR count). The van der Waals surface area contributed by atoms with Gasteiger partial charge in [0.2, 0.25) is 0 Å². The zero-order valence-corrected chi connectivity index (χ0v) is 18.6. The van der Waals surface area contributed by atoms with Gasteiger partial charge in [-0.3, -0.25) is 4.79 Å². The number of halogens is 2. The third-order valence-electron chi connectivity index (χ3n) is 4.42. The van der Waals surface area contributed by atoms with Crippen molar-refractivity contribution in [1.82, 2.24) is 9.99 Å². The SMILES string of the molecule is Cc1cc(/C=N\NC(=O)[C@H](C)Sc2ccccc2)c(C)n1-c1cc(Cl)ccc1Cl. The van der Waals surface area contributed by atoms with Gasteiger partial charge in [-0.1, -0.05) is 41.4 Å². The summed E-state index contributed by atoms with van der Waals surface area (Å²) in [6.07, 6.45) is 1.65. The van der Waals surface area contributed by atoms with Gasteiger partial charge in [0.25, 0.3) is 5.91 Å². The molecule has 0 saturated heterocycles. The Bertz CT molecular complexity index is 1050. The third kappa shape index (κ3) is 5.24. The third-order valence-corrected chi connectivity index (χ3v) is 6.09. The van der Waals surface area contributed by atoms with E-state index in [0.29, 0.717) is 10.0 Å². The van der Waals surface area contributed by atoms with Crippen LogP contribution in [-0.4, -0.2) is 21.9 Å². The second-order valence-corrected chi connectivity index (χ2v) is 8.82.